The van der Waals surface area contributed by atoms with E-state index >= 15 is 0 Å². The Labute approximate surface area is 125 Å². The minimum absolute atomic E-state index is 0.0974. The lowest BCUT2D eigenvalue weighted by Crippen LogP contribution is -2.40. The summed E-state index contributed by atoms with van der Waals surface area (Å²) in [7, 11) is 1.63. The topological polar surface area (TPSA) is 58.6 Å². The number of benzene rings is 1. The molecule has 1 aromatic rings. The number of rotatable bonds is 8. The summed E-state index contributed by atoms with van der Waals surface area (Å²) < 4.78 is 17.8. The third kappa shape index (κ3) is 5.81. The van der Waals surface area contributed by atoms with Gasteiger partial charge in [-0.1, -0.05) is 19.1 Å². The molecule has 0 saturated heterocycles. The number of hydrogen-bond acceptors (Lipinski definition) is 3. The third-order valence-electron chi connectivity index (χ3n) is 3.49. The number of amides is 1. The minimum atomic E-state index is -0.860. The van der Waals surface area contributed by atoms with Crippen LogP contribution in [-0.4, -0.2) is 30.8 Å². The largest absolute Gasteiger partial charge is 0.386 e. The molecule has 2 N–H and O–H groups in total. The van der Waals surface area contributed by atoms with Crippen molar-refractivity contribution in [2.45, 2.75) is 38.8 Å². The molecular formula is C16H24FNO3. The van der Waals surface area contributed by atoms with Crippen LogP contribution in [0.15, 0.2) is 24.3 Å². The highest BCUT2D eigenvalue weighted by atomic mass is 19.1. The first-order chi connectivity index (χ1) is 9.95. The predicted molar refractivity (Wildman–Crippen MR) is 79.2 cm³/mol. The number of ether oxygens (including phenoxy) is 1. The standard InChI is InChI=1S/C16H24FNO3/c1-11(5-4-10-21-3)16(20)18-12(2)15(19)13-6-8-14(17)9-7-13/h6-9,11-12,15,19H,4-5,10H2,1-3H3,(H,18,20). The van der Waals surface area contributed by atoms with E-state index in [4.69, 9.17) is 4.74 Å². The molecule has 0 radical (unpaired) electrons. The number of aliphatic hydroxyl groups excluding tert-OH is 1. The van der Waals surface area contributed by atoms with Crippen molar-refractivity contribution in [3.63, 3.8) is 0 Å². The van der Waals surface area contributed by atoms with Crippen LogP contribution in [0.4, 0.5) is 4.39 Å². The van der Waals surface area contributed by atoms with Gasteiger partial charge < -0.3 is 15.2 Å². The maximum atomic E-state index is 12.9. The van der Waals surface area contributed by atoms with E-state index in [0.717, 1.165) is 12.8 Å². The van der Waals surface area contributed by atoms with Crippen molar-refractivity contribution in [3.05, 3.63) is 35.6 Å². The van der Waals surface area contributed by atoms with Gasteiger partial charge in [0.2, 0.25) is 5.91 Å². The zero-order valence-electron chi connectivity index (χ0n) is 12.8. The maximum Gasteiger partial charge on any atom is 0.223 e. The third-order valence-corrected chi connectivity index (χ3v) is 3.49. The lowest BCUT2D eigenvalue weighted by molar-refractivity contribution is -0.126. The van der Waals surface area contributed by atoms with Crippen molar-refractivity contribution in [2.24, 2.45) is 5.92 Å². The molecule has 0 aliphatic rings. The lowest BCUT2D eigenvalue weighted by atomic mass is 10.0. The monoisotopic (exact) mass is 297 g/mol. The molecule has 4 nitrogen and oxygen atoms in total. The molecule has 0 bridgehead atoms. The fourth-order valence-electron chi connectivity index (χ4n) is 2.06. The van der Waals surface area contributed by atoms with Gasteiger partial charge >= 0.3 is 0 Å². The molecule has 1 aromatic carbocycles. The normalized spacial score (nSPS) is 15.3. The van der Waals surface area contributed by atoms with Gasteiger partial charge in [0.1, 0.15) is 5.82 Å². The molecule has 0 aliphatic carbocycles. The number of hydrogen-bond donors (Lipinski definition) is 2. The van der Waals surface area contributed by atoms with Crippen LogP contribution in [0.5, 0.6) is 0 Å². The van der Waals surface area contributed by atoms with Gasteiger partial charge in [0.15, 0.2) is 0 Å². The van der Waals surface area contributed by atoms with Crippen molar-refractivity contribution < 1.29 is 19.0 Å². The second-order valence-electron chi connectivity index (χ2n) is 5.33. The summed E-state index contributed by atoms with van der Waals surface area (Å²) in [5, 5.41) is 13.0. The Morgan fingerprint density at radius 2 is 1.95 bits per heavy atom. The molecule has 0 spiro atoms. The second-order valence-corrected chi connectivity index (χ2v) is 5.33. The molecule has 21 heavy (non-hydrogen) atoms. The highest BCUT2D eigenvalue weighted by Crippen LogP contribution is 2.18. The Morgan fingerprint density at radius 1 is 1.33 bits per heavy atom. The summed E-state index contributed by atoms with van der Waals surface area (Å²) >= 11 is 0. The molecule has 3 unspecified atom stereocenters. The zero-order chi connectivity index (χ0) is 15.8. The van der Waals surface area contributed by atoms with Gasteiger partial charge in [-0.2, -0.15) is 0 Å². The fraction of sp³-hybridized carbons (Fsp3) is 0.562. The Balaban J connectivity index is 2.49. The van der Waals surface area contributed by atoms with Gasteiger partial charge in [-0.05, 0) is 37.5 Å². The smallest absolute Gasteiger partial charge is 0.223 e. The van der Waals surface area contributed by atoms with E-state index in [1.165, 1.54) is 24.3 Å². The summed E-state index contributed by atoms with van der Waals surface area (Å²) in [6, 6.07) is 5.18. The van der Waals surface area contributed by atoms with Crippen LogP contribution in [0.1, 0.15) is 38.4 Å². The SMILES string of the molecule is COCCCC(C)C(=O)NC(C)C(O)c1ccc(F)cc1. The number of nitrogens with one attached hydrogen (secondary N) is 1. The number of carbonyl (C=O) groups excluding carboxylic acids is 1. The first-order valence-corrected chi connectivity index (χ1v) is 7.18. The average Bonchev–Trinajstić information content (AvgIpc) is 2.47. The van der Waals surface area contributed by atoms with Crippen LogP contribution >= 0.6 is 0 Å². The first kappa shape index (κ1) is 17.6. The first-order valence-electron chi connectivity index (χ1n) is 7.18. The maximum absolute atomic E-state index is 12.9. The summed E-state index contributed by atoms with van der Waals surface area (Å²) in [4.78, 5) is 12.0. The number of aliphatic hydroxyl groups is 1. The van der Waals surface area contributed by atoms with Gasteiger partial charge in [0, 0.05) is 19.6 Å². The summed E-state index contributed by atoms with van der Waals surface area (Å²) in [6.07, 6.45) is 0.694. The van der Waals surface area contributed by atoms with Gasteiger partial charge in [-0.3, -0.25) is 4.79 Å². The van der Waals surface area contributed by atoms with Crippen LogP contribution in [0.2, 0.25) is 0 Å². The van der Waals surface area contributed by atoms with E-state index in [2.05, 4.69) is 5.32 Å². The Bertz CT molecular complexity index is 436. The van der Waals surface area contributed by atoms with Crippen molar-refractivity contribution in [2.75, 3.05) is 13.7 Å². The van der Waals surface area contributed by atoms with Crippen LogP contribution < -0.4 is 5.32 Å². The van der Waals surface area contributed by atoms with E-state index in [1.54, 1.807) is 14.0 Å². The van der Waals surface area contributed by atoms with Gasteiger partial charge in [-0.25, -0.2) is 4.39 Å². The highest BCUT2D eigenvalue weighted by molar-refractivity contribution is 5.78. The number of halogens is 1. The van der Waals surface area contributed by atoms with Crippen LogP contribution in [0.3, 0.4) is 0 Å². The number of carbonyl (C=O) groups is 1. The molecule has 118 valence electrons. The molecule has 5 heteroatoms. The molecule has 1 rings (SSSR count). The minimum Gasteiger partial charge on any atom is -0.386 e. The Hall–Kier alpha value is -1.46. The van der Waals surface area contributed by atoms with Gasteiger partial charge in [-0.15, -0.1) is 0 Å². The molecule has 0 saturated carbocycles. The predicted octanol–water partition coefficient (Wildman–Crippen LogP) is 2.43. The fourth-order valence-corrected chi connectivity index (χ4v) is 2.06. The number of methoxy groups -OCH3 is 1. The molecule has 0 heterocycles. The molecule has 1 amide bonds. The average molecular weight is 297 g/mol. The van der Waals surface area contributed by atoms with Crippen LogP contribution in [-0.2, 0) is 9.53 Å². The van der Waals surface area contributed by atoms with Crippen molar-refractivity contribution in [1.82, 2.24) is 5.32 Å². The van der Waals surface area contributed by atoms with Gasteiger partial charge in [0.05, 0.1) is 12.1 Å². The van der Waals surface area contributed by atoms with Crippen molar-refractivity contribution >= 4 is 5.91 Å². The van der Waals surface area contributed by atoms with E-state index < -0.39 is 12.1 Å². The lowest BCUT2D eigenvalue weighted by Gasteiger charge is -2.22. The highest BCUT2D eigenvalue weighted by Gasteiger charge is 2.21. The van der Waals surface area contributed by atoms with Gasteiger partial charge in [0.25, 0.3) is 0 Å². The van der Waals surface area contributed by atoms with E-state index in [1.807, 2.05) is 6.92 Å². The molecule has 3 atom stereocenters. The molecular weight excluding hydrogens is 273 g/mol. The summed E-state index contributed by atoms with van der Waals surface area (Å²) in [6.45, 7) is 4.21. The Kier molecular flexibility index (Phi) is 7.32. The van der Waals surface area contributed by atoms with E-state index in [-0.39, 0.29) is 17.6 Å². The van der Waals surface area contributed by atoms with E-state index in [0.29, 0.717) is 12.2 Å². The molecule has 0 fully saturated rings. The van der Waals surface area contributed by atoms with E-state index in [9.17, 15) is 14.3 Å². The second kappa shape index (κ2) is 8.74. The summed E-state index contributed by atoms with van der Waals surface area (Å²) in [5.74, 6) is -0.586. The Morgan fingerprint density at radius 3 is 2.52 bits per heavy atom. The van der Waals surface area contributed by atoms with Crippen molar-refractivity contribution in [3.8, 4) is 0 Å². The zero-order valence-corrected chi connectivity index (χ0v) is 12.8. The molecule has 0 aromatic heterocycles. The van der Waals surface area contributed by atoms with Crippen LogP contribution in [0, 0.1) is 11.7 Å². The quantitative estimate of drug-likeness (QED) is 0.725. The summed E-state index contributed by atoms with van der Waals surface area (Å²) in [5.41, 5.74) is 0.580. The van der Waals surface area contributed by atoms with Crippen molar-refractivity contribution in [1.29, 1.82) is 0 Å². The molecule has 0 aliphatic heterocycles. The van der Waals surface area contributed by atoms with Crippen LogP contribution in [0.25, 0.3) is 0 Å².